The fourth-order valence-electron chi connectivity index (χ4n) is 1.83. The molecule has 120 valence electrons. The Kier molecular flexibility index (Phi) is 5.54. The van der Waals surface area contributed by atoms with Crippen LogP contribution in [0.3, 0.4) is 0 Å². The number of nitrogen functional groups attached to an aromatic ring is 1. The number of pyridine rings is 1. The molecule has 2 rings (SSSR count). The number of benzene rings is 1. The number of nitrogens with zero attached hydrogens (tertiary/aromatic N) is 1. The molecule has 4 N–H and O–H groups in total. The van der Waals surface area contributed by atoms with E-state index in [0.717, 1.165) is 6.42 Å². The molecule has 1 aromatic heterocycles. The van der Waals surface area contributed by atoms with E-state index in [1.54, 1.807) is 30.3 Å². The van der Waals surface area contributed by atoms with Crippen molar-refractivity contribution >= 4 is 34.7 Å². The second-order valence-corrected chi connectivity index (χ2v) is 5.26. The van der Waals surface area contributed by atoms with Gasteiger partial charge in [0, 0.05) is 18.0 Å². The van der Waals surface area contributed by atoms with Gasteiger partial charge in [0.25, 0.3) is 5.91 Å². The first kappa shape index (κ1) is 16.8. The Balaban J connectivity index is 2.10. The monoisotopic (exact) mass is 332 g/mol. The van der Waals surface area contributed by atoms with Gasteiger partial charge in [-0.3, -0.25) is 10.2 Å². The van der Waals surface area contributed by atoms with E-state index in [-0.39, 0.29) is 5.71 Å². The summed E-state index contributed by atoms with van der Waals surface area (Å²) in [6.07, 6.45) is 2.65. The fourth-order valence-corrected chi connectivity index (χ4v) is 2.05. The van der Waals surface area contributed by atoms with Crippen LogP contribution in [0.5, 0.6) is 11.5 Å². The molecule has 0 aliphatic heterocycles. The van der Waals surface area contributed by atoms with Gasteiger partial charge in [-0.2, -0.15) is 0 Å². The number of amides is 1. The zero-order valence-corrected chi connectivity index (χ0v) is 13.4. The molecule has 0 saturated carbocycles. The zero-order valence-electron chi connectivity index (χ0n) is 12.6. The number of carbonyl (C=O) groups is 1. The lowest BCUT2D eigenvalue weighted by Crippen LogP contribution is -2.22. The van der Waals surface area contributed by atoms with Gasteiger partial charge in [0.1, 0.15) is 17.3 Å². The largest absolute Gasteiger partial charge is 0.456 e. The third-order valence-corrected chi connectivity index (χ3v) is 3.23. The molecule has 0 radical (unpaired) electrons. The summed E-state index contributed by atoms with van der Waals surface area (Å²) in [5, 5.41) is 10.6. The number of anilines is 2. The van der Waals surface area contributed by atoms with Crippen LogP contribution in [0, 0.1) is 5.41 Å². The maximum absolute atomic E-state index is 11.8. The molecule has 0 spiro atoms. The molecule has 1 heterocycles. The standard InChI is InChI=1S/C16H17ClN4O2/c1-2-3-13(19)16(22)21-15-9-11(6-7-20-15)23-14-5-4-10(18)8-12(14)17/h4-9,19H,2-3,18H2,1H3,(H,20,21,22). The highest BCUT2D eigenvalue weighted by Gasteiger charge is 2.10. The maximum atomic E-state index is 11.8. The molecule has 1 amide bonds. The second-order valence-electron chi connectivity index (χ2n) is 4.85. The highest BCUT2D eigenvalue weighted by Crippen LogP contribution is 2.31. The van der Waals surface area contributed by atoms with Crippen molar-refractivity contribution in [3.63, 3.8) is 0 Å². The van der Waals surface area contributed by atoms with Gasteiger partial charge in [0.05, 0.1) is 10.7 Å². The molecule has 1 aromatic carbocycles. The topological polar surface area (TPSA) is 101 Å². The van der Waals surface area contributed by atoms with Crippen LogP contribution in [0.1, 0.15) is 19.8 Å². The van der Waals surface area contributed by atoms with Gasteiger partial charge in [-0.15, -0.1) is 0 Å². The second kappa shape index (κ2) is 7.60. The Hall–Kier alpha value is -2.60. The van der Waals surface area contributed by atoms with Gasteiger partial charge in [0.2, 0.25) is 0 Å². The van der Waals surface area contributed by atoms with Gasteiger partial charge in [-0.25, -0.2) is 4.98 Å². The van der Waals surface area contributed by atoms with Crippen LogP contribution in [0.15, 0.2) is 36.5 Å². The van der Waals surface area contributed by atoms with E-state index in [1.165, 1.54) is 6.20 Å². The Labute approximate surface area is 139 Å². The van der Waals surface area contributed by atoms with Crippen molar-refractivity contribution in [2.24, 2.45) is 0 Å². The third kappa shape index (κ3) is 4.69. The number of carbonyl (C=O) groups excluding carboxylic acids is 1. The van der Waals surface area contributed by atoms with Crippen LogP contribution in [-0.2, 0) is 4.79 Å². The molecule has 7 heteroatoms. The molecular weight excluding hydrogens is 316 g/mol. The first-order valence-corrected chi connectivity index (χ1v) is 7.45. The molecule has 0 fully saturated rings. The van der Waals surface area contributed by atoms with Crippen molar-refractivity contribution < 1.29 is 9.53 Å². The first-order valence-electron chi connectivity index (χ1n) is 7.07. The van der Waals surface area contributed by atoms with E-state index in [9.17, 15) is 4.79 Å². The van der Waals surface area contributed by atoms with Gasteiger partial charge in [-0.05, 0) is 30.7 Å². The number of nitrogens with one attached hydrogen (secondary N) is 2. The van der Waals surface area contributed by atoms with E-state index in [0.29, 0.717) is 34.4 Å². The van der Waals surface area contributed by atoms with Gasteiger partial charge in [-0.1, -0.05) is 24.9 Å². The van der Waals surface area contributed by atoms with Crippen LogP contribution in [0.25, 0.3) is 0 Å². The minimum atomic E-state index is -0.470. The van der Waals surface area contributed by atoms with E-state index in [1.807, 2.05) is 6.92 Å². The molecule has 23 heavy (non-hydrogen) atoms. The summed E-state index contributed by atoms with van der Waals surface area (Å²) in [5.41, 5.74) is 6.19. The lowest BCUT2D eigenvalue weighted by molar-refractivity contribution is -0.110. The fraction of sp³-hybridized carbons (Fsp3) is 0.188. The highest BCUT2D eigenvalue weighted by molar-refractivity contribution is 6.41. The summed E-state index contributed by atoms with van der Waals surface area (Å²) in [7, 11) is 0. The van der Waals surface area contributed by atoms with Crippen molar-refractivity contribution in [3.05, 3.63) is 41.6 Å². The number of rotatable bonds is 6. The summed E-state index contributed by atoms with van der Waals surface area (Å²) >= 11 is 6.06. The number of halogens is 1. The molecule has 0 bridgehead atoms. The summed E-state index contributed by atoms with van der Waals surface area (Å²) in [5.74, 6) is 0.744. The number of nitrogens with two attached hydrogens (primary N) is 1. The van der Waals surface area contributed by atoms with Crippen LogP contribution < -0.4 is 15.8 Å². The third-order valence-electron chi connectivity index (χ3n) is 2.93. The quantitative estimate of drug-likeness (QED) is 0.552. The van der Waals surface area contributed by atoms with Crippen LogP contribution in [0.2, 0.25) is 5.02 Å². The number of aromatic nitrogens is 1. The number of ether oxygens (including phenoxy) is 1. The van der Waals surface area contributed by atoms with Crippen LogP contribution in [-0.4, -0.2) is 16.6 Å². The highest BCUT2D eigenvalue weighted by atomic mass is 35.5. The molecule has 2 aromatic rings. The minimum absolute atomic E-state index is 0.0159. The predicted molar refractivity (Wildman–Crippen MR) is 91.4 cm³/mol. The van der Waals surface area contributed by atoms with Gasteiger partial charge < -0.3 is 15.8 Å². The van der Waals surface area contributed by atoms with E-state index >= 15 is 0 Å². The van der Waals surface area contributed by atoms with E-state index in [2.05, 4.69) is 10.3 Å². The lowest BCUT2D eigenvalue weighted by Gasteiger charge is -2.10. The van der Waals surface area contributed by atoms with Crippen molar-refractivity contribution in [1.29, 1.82) is 5.41 Å². The Morgan fingerprint density at radius 2 is 2.17 bits per heavy atom. The summed E-state index contributed by atoms with van der Waals surface area (Å²) in [6.45, 7) is 1.91. The Morgan fingerprint density at radius 1 is 1.39 bits per heavy atom. The molecule has 0 unspecified atom stereocenters. The van der Waals surface area contributed by atoms with E-state index in [4.69, 9.17) is 27.5 Å². The average molecular weight is 333 g/mol. The molecule has 0 atom stereocenters. The molecule has 0 aliphatic carbocycles. The van der Waals surface area contributed by atoms with E-state index < -0.39 is 5.91 Å². The van der Waals surface area contributed by atoms with Crippen LogP contribution >= 0.6 is 11.6 Å². The van der Waals surface area contributed by atoms with Crippen molar-refractivity contribution in [2.45, 2.75) is 19.8 Å². The molecule has 6 nitrogen and oxygen atoms in total. The minimum Gasteiger partial charge on any atom is -0.456 e. The summed E-state index contributed by atoms with van der Waals surface area (Å²) in [4.78, 5) is 15.9. The Morgan fingerprint density at radius 3 is 2.87 bits per heavy atom. The van der Waals surface area contributed by atoms with Crippen LogP contribution in [0.4, 0.5) is 11.5 Å². The molecule has 0 saturated heterocycles. The number of hydrogen-bond donors (Lipinski definition) is 3. The molecule has 0 aliphatic rings. The lowest BCUT2D eigenvalue weighted by atomic mass is 10.2. The average Bonchev–Trinajstić information content (AvgIpc) is 2.51. The van der Waals surface area contributed by atoms with Crippen molar-refractivity contribution in [3.8, 4) is 11.5 Å². The first-order chi connectivity index (χ1) is 11.0. The van der Waals surface area contributed by atoms with Gasteiger partial charge in [0.15, 0.2) is 0 Å². The number of hydrogen-bond acceptors (Lipinski definition) is 5. The summed E-state index contributed by atoms with van der Waals surface area (Å²) in [6, 6.07) is 8.13. The molecular formula is C16H17ClN4O2. The SMILES string of the molecule is CCCC(=N)C(=O)Nc1cc(Oc2ccc(N)cc2Cl)ccn1. The maximum Gasteiger partial charge on any atom is 0.270 e. The predicted octanol–water partition coefficient (Wildman–Crippen LogP) is 3.87. The Bertz CT molecular complexity index is 734. The summed E-state index contributed by atoms with van der Waals surface area (Å²) < 4.78 is 5.66. The van der Waals surface area contributed by atoms with Crippen molar-refractivity contribution in [2.75, 3.05) is 11.1 Å². The van der Waals surface area contributed by atoms with Crippen molar-refractivity contribution in [1.82, 2.24) is 4.98 Å². The smallest absolute Gasteiger partial charge is 0.270 e. The normalized spacial score (nSPS) is 10.2. The zero-order chi connectivity index (χ0) is 16.8. The van der Waals surface area contributed by atoms with Gasteiger partial charge >= 0.3 is 0 Å².